The van der Waals surface area contributed by atoms with Crippen molar-refractivity contribution in [1.82, 2.24) is 0 Å². The van der Waals surface area contributed by atoms with Crippen molar-refractivity contribution >= 4 is 15.9 Å². The molecule has 0 atom stereocenters. The first kappa shape index (κ1) is 20.8. The van der Waals surface area contributed by atoms with Gasteiger partial charge >= 0.3 is 0 Å². The number of hydrogen-bond acceptors (Lipinski definition) is 0. The smallest absolute Gasteiger partial charge is 0.00313 e. The van der Waals surface area contributed by atoms with Crippen LogP contribution in [0.1, 0.15) is 104 Å². The fourth-order valence-corrected chi connectivity index (χ4v) is 2.33. The zero-order valence-corrected chi connectivity index (χ0v) is 14.9. The molecule has 0 nitrogen and oxygen atoms in total. The predicted octanol–water partition coefficient (Wildman–Crippen LogP) is 7.50. The molecule has 112 valence electrons. The summed E-state index contributed by atoms with van der Waals surface area (Å²) in [6, 6.07) is 0. The van der Waals surface area contributed by atoms with Crippen molar-refractivity contribution in [2.75, 3.05) is 5.33 Å². The third-order valence-electron chi connectivity index (χ3n) is 3.19. The SMILES string of the molecule is CCCCC.CCCCCCCCCCCCBr. The normalized spacial score (nSPS) is 10.0. The van der Waals surface area contributed by atoms with Crippen LogP contribution in [0.25, 0.3) is 0 Å². The summed E-state index contributed by atoms with van der Waals surface area (Å²) < 4.78 is 0. The molecule has 0 N–H and O–H groups in total. The highest BCUT2D eigenvalue weighted by molar-refractivity contribution is 9.09. The van der Waals surface area contributed by atoms with E-state index in [2.05, 4.69) is 36.7 Å². The third kappa shape index (κ3) is 25.4. The van der Waals surface area contributed by atoms with E-state index >= 15 is 0 Å². The second-order valence-electron chi connectivity index (χ2n) is 5.22. The summed E-state index contributed by atoms with van der Waals surface area (Å²) >= 11 is 3.46. The van der Waals surface area contributed by atoms with Crippen LogP contribution in [-0.4, -0.2) is 5.33 Å². The van der Waals surface area contributed by atoms with Gasteiger partial charge in [-0.05, 0) is 6.42 Å². The van der Waals surface area contributed by atoms with E-state index in [1.165, 1.54) is 88.8 Å². The van der Waals surface area contributed by atoms with Gasteiger partial charge in [0.1, 0.15) is 0 Å². The molecule has 0 saturated heterocycles. The maximum Gasteiger partial charge on any atom is 0.00313 e. The van der Waals surface area contributed by atoms with Crippen molar-refractivity contribution in [3.63, 3.8) is 0 Å². The highest BCUT2D eigenvalue weighted by Gasteiger charge is 1.91. The van der Waals surface area contributed by atoms with E-state index in [4.69, 9.17) is 0 Å². The van der Waals surface area contributed by atoms with E-state index in [1.54, 1.807) is 0 Å². The maximum atomic E-state index is 3.46. The quantitative estimate of drug-likeness (QED) is 0.258. The summed E-state index contributed by atoms with van der Waals surface area (Å²) in [5, 5.41) is 1.18. The molecule has 0 heterocycles. The Morgan fingerprint density at radius 3 is 1.06 bits per heavy atom. The molecule has 0 aliphatic carbocycles. The van der Waals surface area contributed by atoms with Crippen molar-refractivity contribution in [3.05, 3.63) is 0 Å². The molecule has 0 amide bonds. The molecule has 0 aromatic carbocycles. The Morgan fingerprint density at radius 2 is 0.778 bits per heavy atom. The molecule has 0 unspecified atom stereocenters. The molecular weight excluding hydrogens is 284 g/mol. The number of hydrogen-bond donors (Lipinski definition) is 0. The molecule has 0 aliphatic rings. The topological polar surface area (TPSA) is 0 Å². The van der Waals surface area contributed by atoms with E-state index in [9.17, 15) is 0 Å². The number of halogens is 1. The standard InChI is InChI=1S/C12H25Br.C5H12/c1-2-3-4-5-6-7-8-9-10-11-12-13;1-3-5-4-2/h2-12H2,1H3;3-5H2,1-2H3. The molecule has 0 spiro atoms. The fraction of sp³-hybridized carbons (Fsp3) is 1.00. The Bertz CT molecular complexity index is 100. The molecule has 0 bridgehead atoms. The fourth-order valence-electron chi connectivity index (χ4n) is 1.94. The van der Waals surface area contributed by atoms with E-state index < -0.39 is 0 Å². The highest BCUT2D eigenvalue weighted by Crippen LogP contribution is 2.10. The lowest BCUT2D eigenvalue weighted by molar-refractivity contribution is 0.563. The summed E-state index contributed by atoms with van der Waals surface area (Å²) in [7, 11) is 0. The zero-order valence-electron chi connectivity index (χ0n) is 13.3. The van der Waals surface area contributed by atoms with Gasteiger partial charge in [-0.25, -0.2) is 0 Å². The van der Waals surface area contributed by atoms with Crippen LogP contribution < -0.4 is 0 Å². The van der Waals surface area contributed by atoms with Gasteiger partial charge in [-0.3, -0.25) is 0 Å². The molecule has 1 heteroatoms. The van der Waals surface area contributed by atoms with Gasteiger partial charge < -0.3 is 0 Å². The van der Waals surface area contributed by atoms with Crippen LogP contribution in [0.3, 0.4) is 0 Å². The van der Waals surface area contributed by atoms with Crippen LogP contribution in [0.15, 0.2) is 0 Å². The molecular formula is C17H37Br. The Balaban J connectivity index is 0. The molecule has 0 rings (SSSR count). The summed E-state index contributed by atoms with van der Waals surface area (Å²) in [6.45, 7) is 6.70. The summed E-state index contributed by atoms with van der Waals surface area (Å²) in [5.41, 5.74) is 0. The molecule has 18 heavy (non-hydrogen) atoms. The zero-order chi connectivity index (χ0) is 13.9. The number of unbranched alkanes of at least 4 members (excludes halogenated alkanes) is 11. The lowest BCUT2D eigenvalue weighted by atomic mass is 10.1. The Hall–Kier alpha value is 0.480. The van der Waals surface area contributed by atoms with E-state index in [1.807, 2.05) is 0 Å². The van der Waals surface area contributed by atoms with E-state index in [0.29, 0.717) is 0 Å². The van der Waals surface area contributed by atoms with Gasteiger partial charge in [-0.1, -0.05) is 114 Å². The third-order valence-corrected chi connectivity index (χ3v) is 3.76. The minimum absolute atomic E-state index is 1.18. The highest BCUT2D eigenvalue weighted by atomic mass is 79.9. The maximum absolute atomic E-state index is 3.46. The second-order valence-corrected chi connectivity index (χ2v) is 6.02. The predicted molar refractivity (Wildman–Crippen MR) is 90.8 cm³/mol. The number of rotatable bonds is 12. The summed E-state index contributed by atoms with van der Waals surface area (Å²) in [5.74, 6) is 0. The average molecular weight is 321 g/mol. The van der Waals surface area contributed by atoms with Gasteiger partial charge in [-0.2, -0.15) is 0 Å². The van der Waals surface area contributed by atoms with E-state index in [0.717, 1.165) is 0 Å². The van der Waals surface area contributed by atoms with Gasteiger partial charge in [0.25, 0.3) is 0 Å². The van der Waals surface area contributed by atoms with Crippen molar-refractivity contribution in [3.8, 4) is 0 Å². The molecule has 0 radical (unpaired) electrons. The first-order chi connectivity index (χ1) is 8.83. The van der Waals surface area contributed by atoms with Gasteiger partial charge in [0.05, 0.1) is 0 Å². The van der Waals surface area contributed by atoms with Crippen molar-refractivity contribution < 1.29 is 0 Å². The first-order valence-corrected chi connectivity index (χ1v) is 9.51. The summed E-state index contributed by atoms with van der Waals surface area (Å²) in [4.78, 5) is 0. The van der Waals surface area contributed by atoms with Crippen LogP contribution in [0.4, 0.5) is 0 Å². The Kier molecular flexibility index (Phi) is 26.2. The van der Waals surface area contributed by atoms with Gasteiger partial charge in [0.2, 0.25) is 0 Å². The molecule has 0 saturated carbocycles. The first-order valence-electron chi connectivity index (χ1n) is 8.39. The molecule has 0 fully saturated rings. The van der Waals surface area contributed by atoms with Crippen LogP contribution in [0.2, 0.25) is 0 Å². The van der Waals surface area contributed by atoms with Crippen molar-refractivity contribution in [2.24, 2.45) is 0 Å². The van der Waals surface area contributed by atoms with Gasteiger partial charge in [0, 0.05) is 5.33 Å². The monoisotopic (exact) mass is 320 g/mol. The lowest BCUT2D eigenvalue weighted by Gasteiger charge is -2.00. The van der Waals surface area contributed by atoms with Gasteiger partial charge in [-0.15, -0.1) is 0 Å². The Morgan fingerprint density at radius 1 is 0.444 bits per heavy atom. The van der Waals surface area contributed by atoms with Crippen molar-refractivity contribution in [2.45, 2.75) is 104 Å². The largest absolute Gasteiger partial charge is 0.0928 e. The van der Waals surface area contributed by atoms with Crippen LogP contribution in [0.5, 0.6) is 0 Å². The lowest BCUT2D eigenvalue weighted by Crippen LogP contribution is -1.81. The second kappa shape index (κ2) is 22.6. The van der Waals surface area contributed by atoms with Crippen LogP contribution >= 0.6 is 15.9 Å². The number of alkyl halides is 1. The molecule has 0 aromatic heterocycles. The summed E-state index contributed by atoms with van der Waals surface area (Å²) in [6.07, 6.45) is 18.4. The van der Waals surface area contributed by atoms with Crippen molar-refractivity contribution in [1.29, 1.82) is 0 Å². The van der Waals surface area contributed by atoms with Crippen LogP contribution in [-0.2, 0) is 0 Å². The van der Waals surface area contributed by atoms with Crippen LogP contribution in [0, 0.1) is 0 Å². The molecule has 0 aromatic rings. The molecule has 0 aliphatic heterocycles. The Labute approximate surface area is 125 Å². The van der Waals surface area contributed by atoms with Gasteiger partial charge in [0.15, 0.2) is 0 Å². The van der Waals surface area contributed by atoms with E-state index in [-0.39, 0.29) is 0 Å². The minimum Gasteiger partial charge on any atom is -0.0928 e. The minimum atomic E-state index is 1.18. The average Bonchev–Trinajstić information content (AvgIpc) is 2.39.